The van der Waals surface area contributed by atoms with Crippen LogP contribution in [-0.4, -0.2) is 14.7 Å². The molecule has 1 N–H and O–H groups in total. The lowest BCUT2D eigenvalue weighted by Crippen LogP contribution is -2.03. The summed E-state index contributed by atoms with van der Waals surface area (Å²) in [5.74, 6) is 0. The van der Waals surface area contributed by atoms with Crippen LogP contribution in [0.5, 0.6) is 0 Å². The van der Waals surface area contributed by atoms with E-state index in [-0.39, 0.29) is 4.90 Å². The fraction of sp³-hybridized carbons (Fsp3) is 0.143. The Balaban J connectivity index is 2.21. The molecule has 0 aromatic heterocycles. The molecular weight excluding hydrogens is 353 g/mol. The van der Waals surface area contributed by atoms with E-state index in [0.29, 0.717) is 27.3 Å². The molecule has 0 spiro atoms. The molecule has 21 heavy (non-hydrogen) atoms. The molecule has 2 aromatic carbocycles. The lowest BCUT2D eigenvalue weighted by Gasteiger charge is -2.10. The Labute approximate surface area is 138 Å². The number of hydrogen-bond acceptors (Lipinski definition) is 3. The first-order valence-corrected chi connectivity index (χ1v) is 8.97. The molecule has 0 aliphatic heterocycles. The lowest BCUT2D eigenvalue weighted by atomic mass is 10.2. The van der Waals surface area contributed by atoms with Crippen LogP contribution in [0.15, 0.2) is 41.3 Å². The van der Waals surface area contributed by atoms with E-state index in [1.54, 1.807) is 18.2 Å². The summed E-state index contributed by atoms with van der Waals surface area (Å²) in [6.45, 7) is 0.448. The summed E-state index contributed by atoms with van der Waals surface area (Å²) in [5, 5.41) is 4.49. The molecule has 0 saturated carbocycles. The summed E-state index contributed by atoms with van der Waals surface area (Å²) in [7, 11) is -3.27. The number of halogens is 3. The van der Waals surface area contributed by atoms with Gasteiger partial charge in [-0.15, -0.1) is 0 Å². The highest BCUT2D eigenvalue weighted by Crippen LogP contribution is 2.27. The molecule has 0 saturated heterocycles. The zero-order valence-corrected chi connectivity index (χ0v) is 14.1. The van der Waals surface area contributed by atoms with Gasteiger partial charge in [0.25, 0.3) is 0 Å². The van der Waals surface area contributed by atoms with Gasteiger partial charge in [-0.3, -0.25) is 0 Å². The second-order valence-corrected chi connectivity index (χ2v) is 7.75. The van der Waals surface area contributed by atoms with E-state index < -0.39 is 9.84 Å². The maximum Gasteiger partial charge on any atom is 0.175 e. The fourth-order valence-corrected chi connectivity index (χ4v) is 2.87. The topological polar surface area (TPSA) is 46.2 Å². The average molecular weight is 365 g/mol. The molecule has 0 unspecified atom stereocenters. The Morgan fingerprint density at radius 3 is 2.24 bits per heavy atom. The molecule has 2 rings (SSSR count). The van der Waals surface area contributed by atoms with Crippen molar-refractivity contribution in [3.05, 3.63) is 57.0 Å². The molecule has 112 valence electrons. The number of benzene rings is 2. The third kappa shape index (κ3) is 4.27. The van der Waals surface area contributed by atoms with Crippen LogP contribution in [0.3, 0.4) is 0 Å². The molecule has 0 aliphatic rings. The number of hydrogen-bond donors (Lipinski definition) is 1. The predicted molar refractivity (Wildman–Crippen MR) is 88.4 cm³/mol. The van der Waals surface area contributed by atoms with Crippen molar-refractivity contribution in [3.63, 3.8) is 0 Å². The lowest BCUT2D eigenvalue weighted by molar-refractivity contribution is 0.602. The molecule has 0 aliphatic carbocycles. The Hall–Kier alpha value is -0.940. The molecule has 0 amide bonds. The van der Waals surface area contributed by atoms with Crippen molar-refractivity contribution in [2.75, 3.05) is 11.6 Å². The van der Waals surface area contributed by atoms with E-state index in [2.05, 4.69) is 5.32 Å². The summed E-state index contributed by atoms with van der Waals surface area (Å²) >= 11 is 17.9. The zero-order chi connectivity index (χ0) is 15.6. The van der Waals surface area contributed by atoms with Crippen LogP contribution in [0.1, 0.15) is 5.56 Å². The Bertz CT molecular complexity index is 776. The minimum Gasteiger partial charge on any atom is -0.380 e. The van der Waals surface area contributed by atoms with Gasteiger partial charge in [-0.1, -0.05) is 40.9 Å². The number of nitrogens with one attached hydrogen (secondary N) is 1. The Morgan fingerprint density at radius 1 is 0.952 bits per heavy atom. The van der Waals surface area contributed by atoms with Crippen LogP contribution in [0.2, 0.25) is 15.1 Å². The maximum atomic E-state index is 11.5. The largest absolute Gasteiger partial charge is 0.380 e. The first kappa shape index (κ1) is 16.4. The highest BCUT2D eigenvalue weighted by molar-refractivity contribution is 7.90. The van der Waals surface area contributed by atoms with E-state index in [0.717, 1.165) is 11.8 Å². The fourth-order valence-electron chi connectivity index (χ4n) is 1.72. The van der Waals surface area contributed by atoms with E-state index >= 15 is 0 Å². The van der Waals surface area contributed by atoms with Crippen molar-refractivity contribution >= 4 is 50.3 Å². The van der Waals surface area contributed by atoms with Gasteiger partial charge < -0.3 is 5.32 Å². The van der Waals surface area contributed by atoms with E-state index in [9.17, 15) is 8.42 Å². The molecule has 0 atom stereocenters. The van der Waals surface area contributed by atoms with Crippen molar-refractivity contribution < 1.29 is 8.42 Å². The van der Waals surface area contributed by atoms with Crippen LogP contribution >= 0.6 is 34.8 Å². The Morgan fingerprint density at radius 2 is 1.62 bits per heavy atom. The molecular formula is C14H12Cl3NO2S. The number of anilines is 1. The van der Waals surface area contributed by atoms with Crippen LogP contribution in [0.25, 0.3) is 0 Å². The second kappa shape index (κ2) is 6.44. The van der Waals surface area contributed by atoms with Gasteiger partial charge in [0.2, 0.25) is 0 Å². The molecule has 0 bridgehead atoms. The quantitative estimate of drug-likeness (QED) is 0.858. The van der Waals surface area contributed by atoms with Crippen molar-refractivity contribution in [2.45, 2.75) is 11.4 Å². The summed E-state index contributed by atoms with van der Waals surface area (Å²) in [6.07, 6.45) is 1.15. The molecule has 0 heterocycles. The van der Waals surface area contributed by atoms with Gasteiger partial charge in [0.05, 0.1) is 25.7 Å². The molecule has 0 radical (unpaired) electrons. The SMILES string of the molecule is CS(=O)(=O)c1ccc(Cl)c(NCc2ccc(Cl)c(Cl)c2)c1. The molecule has 7 heteroatoms. The van der Waals surface area contributed by atoms with Crippen molar-refractivity contribution in [2.24, 2.45) is 0 Å². The minimum absolute atomic E-state index is 0.212. The highest BCUT2D eigenvalue weighted by Gasteiger charge is 2.10. The summed E-state index contributed by atoms with van der Waals surface area (Å²) in [4.78, 5) is 0.212. The van der Waals surface area contributed by atoms with Crippen molar-refractivity contribution in [3.8, 4) is 0 Å². The monoisotopic (exact) mass is 363 g/mol. The third-order valence-electron chi connectivity index (χ3n) is 2.83. The first-order valence-electron chi connectivity index (χ1n) is 5.95. The van der Waals surface area contributed by atoms with Crippen molar-refractivity contribution in [1.29, 1.82) is 0 Å². The van der Waals surface area contributed by atoms with Crippen molar-refractivity contribution in [1.82, 2.24) is 0 Å². The van der Waals surface area contributed by atoms with Gasteiger partial charge in [0.1, 0.15) is 0 Å². The van der Waals surface area contributed by atoms with E-state index in [1.165, 1.54) is 12.1 Å². The van der Waals surface area contributed by atoms with Gasteiger partial charge >= 0.3 is 0 Å². The second-order valence-electron chi connectivity index (χ2n) is 4.52. The van der Waals surface area contributed by atoms with Gasteiger partial charge in [-0.05, 0) is 35.9 Å². The molecule has 2 aromatic rings. The van der Waals surface area contributed by atoms with Gasteiger partial charge in [-0.25, -0.2) is 8.42 Å². The average Bonchev–Trinajstić information content (AvgIpc) is 2.40. The first-order chi connectivity index (χ1) is 9.77. The van der Waals surface area contributed by atoms with E-state index in [1.807, 2.05) is 6.07 Å². The summed E-state index contributed by atoms with van der Waals surface area (Å²) in [5.41, 5.74) is 1.45. The van der Waals surface area contributed by atoms with Crippen LogP contribution < -0.4 is 5.32 Å². The van der Waals surface area contributed by atoms with Gasteiger partial charge in [0, 0.05) is 12.8 Å². The maximum absolute atomic E-state index is 11.5. The number of rotatable bonds is 4. The van der Waals surface area contributed by atoms with E-state index in [4.69, 9.17) is 34.8 Å². The van der Waals surface area contributed by atoms with Gasteiger partial charge in [-0.2, -0.15) is 0 Å². The minimum atomic E-state index is -3.27. The highest BCUT2D eigenvalue weighted by atomic mass is 35.5. The smallest absolute Gasteiger partial charge is 0.175 e. The van der Waals surface area contributed by atoms with Crippen LogP contribution in [0.4, 0.5) is 5.69 Å². The molecule has 3 nitrogen and oxygen atoms in total. The third-order valence-corrected chi connectivity index (χ3v) is 5.01. The number of sulfone groups is 1. The normalized spacial score (nSPS) is 11.4. The summed E-state index contributed by atoms with van der Waals surface area (Å²) < 4.78 is 23.1. The predicted octanol–water partition coefficient (Wildman–Crippen LogP) is 4.66. The zero-order valence-electron chi connectivity index (χ0n) is 11.0. The standard InChI is InChI=1S/C14H12Cl3NO2S/c1-21(19,20)10-3-5-12(16)14(7-10)18-8-9-2-4-11(15)13(17)6-9/h2-7,18H,8H2,1H3. The summed E-state index contributed by atoms with van der Waals surface area (Å²) in [6, 6.07) is 9.81. The molecule has 0 fully saturated rings. The van der Waals surface area contributed by atoms with Gasteiger partial charge in [0.15, 0.2) is 9.84 Å². The Kier molecular flexibility index (Phi) is 5.04. The van der Waals surface area contributed by atoms with Crippen LogP contribution in [0, 0.1) is 0 Å². The van der Waals surface area contributed by atoms with Crippen LogP contribution in [-0.2, 0) is 16.4 Å².